The largest absolute Gasteiger partial charge is 0.509 e. The Morgan fingerprint density at radius 2 is 1.50 bits per heavy atom. The van der Waals surface area contributed by atoms with Crippen molar-refractivity contribution in [2.75, 3.05) is 6.54 Å². The molecular formula is C20H29NO7. The summed E-state index contributed by atoms with van der Waals surface area (Å²) < 4.78 is 20.6. The minimum Gasteiger partial charge on any atom is -0.444 e. The van der Waals surface area contributed by atoms with Crippen molar-refractivity contribution >= 4 is 18.2 Å². The molecule has 1 amide bonds. The van der Waals surface area contributed by atoms with Gasteiger partial charge in [-0.15, -0.1) is 0 Å². The lowest BCUT2D eigenvalue weighted by molar-refractivity contribution is -0.146. The van der Waals surface area contributed by atoms with Gasteiger partial charge in [-0.2, -0.15) is 0 Å². The Hall–Kier alpha value is -2.77. The van der Waals surface area contributed by atoms with E-state index in [1.165, 1.54) is 0 Å². The van der Waals surface area contributed by atoms with E-state index in [2.05, 4.69) is 5.32 Å². The van der Waals surface area contributed by atoms with Crippen molar-refractivity contribution < 1.29 is 33.3 Å². The third-order valence-electron chi connectivity index (χ3n) is 2.93. The average molecular weight is 395 g/mol. The van der Waals surface area contributed by atoms with Crippen LogP contribution in [0.3, 0.4) is 0 Å². The number of nitrogens with one attached hydrogen (secondary N) is 1. The average Bonchev–Trinajstić information content (AvgIpc) is 2.51. The van der Waals surface area contributed by atoms with Crippen LogP contribution in [-0.4, -0.2) is 42.1 Å². The smallest absolute Gasteiger partial charge is 0.444 e. The van der Waals surface area contributed by atoms with Crippen molar-refractivity contribution in [3.8, 4) is 5.75 Å². The molecule has 0 aliphatic rings. The van der Waals surface area contributed by atoms with Crippen LogP contribution in [0.5, 0.6) is 5.75 Å². The highest BCUT2D eigenvalue weighted by atomic mass is 16.7. The number of hydrogen-bond donors (Lipinski definition) is 1. The second-order valence-electron chi connectivity index (χ2n) is 8.02. The lowest BCUT2D eigenvalue weighted by Gasteiger charge is -2.22. The van der Waals surface area contributed by atoms with E-state index in [0.717, 1.165) is 0 Å². The molecule has 0 radical (unpaired) electrons. The molecule has 0 bridgehead atoms. The minimum absolute atomic E-state index is 0.00977. The van der Waals surface area contributed by atoms with Crippen LogP contribution < -0.4 is 10.1 Å². The molecule has 0 saturated heterocycles. The molecule has 1 aromatic rings. The number of esters is 1. The molecular weight excluding hydrogens is 366 g/mol. The van der Waals surface area contributed by atoms with Crippen LogP contribution in [0.4, 0.5) is 9.59 Å². The maximum atomic E-state index is 12.4. The highest BCUT2D eigenvalue weighted by Crippen LogP contribution is 2.14. The molecule has 0 saturated carbocycles. The van der Waals surface area contributed by atoms with E-state index in [9.17, 15) is 14.4 Å². The van der Waals surface area contributed by atoms with Crippen LogP contribution >= 0.6 is 0 Å². The summed E-state index contributed by atoms with van der Waals surface area (Å²) in [7, 11) is 0. The number of carbonyl (C=O) groups excluding carboxylic acids is 3. The highest BCUT2D eigenvalue weighted by molar-refractivity contribution is 5.79. The van der Waals surface area contributed by atoms with Crippen molar-refractivity contribution in [1.82, 2.24) is 5.32 Å². The molecule has 0 fully saturated rings. The van der Waals surface area contributed by atoms with Crippen LogP contribution in [0.2, 0.25) is 0 Å². The monoisotopic (exact) mass is 395 g/mol. The molecule has 1 atom stereocenters. The molecule has 0 aliphatic heterocycles. The van der Waals surface area contributed by atoms with Gasteiger partial charge in [-0.1, -0.05) is 18.2 Å². The number of hydrogen-bond acceptors (Lipinski definition) is 7. The summed E-state index contributed by atoms with van der Waals surface area (Å²) in [6.45, 7) is 10.3. The Morgan fingerprint density at radius 3 is 2.04 bits per heavy atom. The summed E-state index contributed by atoms with van der Waals surface area (Å²) in [6.07, 6.45) is -2.91. The predicted molar refractivity (Wildman–Crippen MR) is 102 cm³/mol. The number of para-hydroxylation sites is 1. The van der Waals surface area contributed by atoms with E-state index in [4.69, 9.17) is 18.9 Å². The molecule has 0 heterocycles. The molecule has 8 heteroatoms. The van der Waals surface area contributed by atoms with Crippen molar-refractivity contribution in [3.05, 3.63) is 30.3 Å². The van der Waals surface area contributed by atoms with Gasteiger partial charge in [-0.05, 0) is 53.7 Å². The van der Waals surface area contributed by atoms with Crippen molar-refractivity contribution in [2.24, 2.45) is 0 Å². The topological polar surface area (TPSA) is 100 Å². The van der Waals surface area contributed by atoms with Crippen LogP contribution in [-0.2, 0) is 19.0 Å². The maximum Gasteiger partial charge on any atom is 0.509 e. The molecule has 156 valence electrons. The number of ether oxygens (including phenoxy) is 4. The Bertz CT molecular complexity index is 659. The quantitative estimate of drug-likeness (QED) is 0.577. The Labute approximate surface area is 165 Å². The van der Waals surface area contributed by atoms with Crippen LogP contribution in [0, 0.1) is 0 Å². The summed E-state index contributed by atoms with van der Waals surface area (Å²) in [6, 6.07) is 8.38. The van der Waals surface area contributed by atoms with E-state index in [1.54, 1.807) is 71.9 Å². The first-order chi connectivity index (χ1) is 12.9. The lowest BCUT2D eigenvalue weighted by Crippen LogP contribution is -2.38. The van der Waals surface area contributed by atoms with Crippen molar-refractivity contribution in [3.63, 3.8) is 0 Å². The van der Waals surface area contributed by atoms with Gasteiger partial charge in [-0.25, -0.2) is 14.4 Å². The standard InChI is InChI=1S/C20H29NO7/c1-19(2,3)27-17(23)21-13-12-15(26-18(24)28-20(4,5)6)16(22)25-14-10-8-7-9-11-14/h7-11,15H,12-13H2,1-6H3,(H,21,23)/t15-/m0/s1. The normalized spacial score (nSPS) is 12.5. The SMILES string of the molecule is CC(C)(C)OC(=O)NCC[C@H](OC(=O)OC(C)(C)C)C(=O)Oc1ccccc1. The van der Waals surface area contributed by atoms with Crippen molar-refractivity contribution in [2.45, 2.75) is 65.3 Å². The fourth-order valence-corrected chi connectivity index (χ4v) is 1.91. The summed E-state index contributed by atoms with van der Waals surface area (Å²) in [5.41, 5.74) is -1.43. The maximum absolute atomic E-state index is 12.4. The third kappa shape index (κ3) is 10.4. The number of rotatable bonds is 6. The van der Waals surface area contributed by atoms with Crippen LogP contribution in [0.1, 0.15) is 48.0 Å². The van der Waals surface area contributed by atoms with Gasteiger partial charge in [0.25, 0.3) is 0 Å². The van der Waals surface area contributed by atoms with E-state index in [1.807, 2.05) is 0 Å². The van der Waals surface area contributed by atoms with E-state index in [0.29, 0.717) is 5.75 Å². The third-order valence-corrected chi connectivity index (χ3v) is 2.93. The number of alkyl carbamates (subject to hydrolysis) is 1. The second-order valence-corrected chi connectivity index (χ2v) is 8.02. The van der Waals surface area contributed by atoms with E-state index >= 15 is 0 Å². The van der Waals surface area contributed by atoms with Gasteiger partial charge >= 0.3 is 18.2 Å². The van der Waals surface area contributed by atoms with E-state index in [-0.39, 0.29) is 13.0 Å². The fourth-order valence-electron chi connectivity index (χ4n) is 1.91. The number of carbonyl (C=O) groups is 3. The molecule has 1 N–H and O–H groups in total. The first kappa shape index (κ1) is 23.3. The summed E-state index contributed by atoms with van der Waals surface area (Å²) in [4.78, 5) is 36.1. The zero-order valence-corrected chi connectivity index (χ0v) is 17.2. The van der Waals surface area contributed by atoms with Gasteiger partial charge in [0, 0.05) is 13.0 Å². The molecule has 8 nitrogen and oxygen atoms in total. The zero-order chi connectivity index (χ0) is 21.4. The van der Waals surface area contributed by atoms with Gasteiger partial charge in [0.15, 0.2) is 0 Å². The molecule has 1 rings (SSSR count). The van der Waals surface area contributed by atoms with E-state index < -0.39 is 35.5 Å². The molecule has 0 aromatic heterocycles. The Balaban J connectivity index is 2.70. The van der Waals surface area contributed by atoms with Crippen molar-refractivity contribution in [1.29, 1.82) is 0 Å². The molecule has 28 heavy (non-hydrogen) atoms. The van der Waals surface area contributed by atoms with Gasteiger partial charge in [-0.3, -0.25) is 0 Å². The van der Waals surface area contributed by atoms with Gasteiger partial charge < -0.3 is 24.3 Å². The molecule has 0 spiro atoms. The molecule has 0 unspecified atom stereocenters. The highest BCUT2D eigenvalue weighted by Gasteiger charge is 2.28. The summed E-state index contributed by atoms with van der Waals surface area (Å²) in [5, 5.41) is 2.51. The minimum atomic E-state index is -1.26. The van der Waals surface area contributed by atoms with Gasteiger partial charge in [0.2, 0.25) is 6.10 Å². The molecule has 1 aromatic carbocycles. The first-order valence-electron chi connectivity index (χ1n) is 8.99. The lowest BCUT2D eigenvalue weighted by atomic mass is 10.2. The van der Waals surface area contributed by atoms with Crippen LogP contribution in [0.15, 0.2) is 30.3 Å². The van der Waals surface area contributed by atoms with Crippen LogP contribution in [0.25, 0.3) is 0 Å². The fraction of sp³-hybridized carbons (Fsp3) is 0.550. The van der Waals surface area contributed by atoms with Gasteiger partial charge in [0.05, 0.1) is 0 Å². The number of benzene rings is 1. The Kier molecular flexibility index (Phi) is 8.28. The Morgan fingerprint density at radius 1 is 0.929 bits per heavy atom. The predicted octanol–water partition coefficient (Wildman–Crippen LogP) is 3.83. The summed E-state index contributed by atoms with van der Waals surface area (Å²) in [5.74, 6) is -0.464. The van der Waals surface area contributed by atoms with Gasteiger partial charge in [0.1, 0.15) is 17.0 Å². The second kappa shape index (κ2) is 9.96. The molecule has 0 aliphatic carbocycles. The summed E-state index contributed by atoms with van der Waals surface area (Å²) >= 11 is 0. The zero-order valence-electron chi connectivity index (χ0n) is 17.2. The first-order valence-corrected chi connectivity index (χ1v) is 8.99. The number of amides is 1.